The molecule has 0 aromatic heterocycles. The summed E-state index contributed by atoms with van der Waals surface area (Å²) in [5.74, 6) is 6.41. The van der Waals surface area contributed by atoms with Gasteiger partial charge < -0.3 is 10.2 Å². The Labute approximate surface area is 77.9 Å². The first kappa shape index (κ1) is 8.38. The monoisotopic (exact) mass is 178 g/mol. The molecule has 0 radical (unpaired) electrons. The van der Waals surface area contributed by atoms with Gasteiger partial charge in [0.25, 0.3) is 0 Å². The molecule has 0 amide bonds. The third-order valence-electron chi connectivity index (χ3n) is 2.36. The van der Waals surface area contributed by atoms with Gasteiger partial charge in [-0.25, -0.2) is 0 Å². The molecule has 0 fully saturated rings. The van der Waals surface area contributed by atoms with Crippen LogP contribution in [0.15, 0.2) is 12.1 Å². The minimum Gasteiger partial charge on any atom is -0.493 e. The molecule has 2 rings (SSSR count). The molecular formula is C10H14N2O. The van der Waals surface area contributed by atoms with Crippen LogP contribution in [0.2, 0.25) is 0 Å². The molecule has 0 bridgehead atoms. The molecule has 0 saturated carbocycles. The van der Waals surface area contributed by atoms with E-state index in [1.807, 2.05) is 13.0 Å². The van der Waals surface area contributed by atoms with Crippen LogP contribution in [-0.2, 0) is 6.42 Å². The molecule has 1 aromatic rings. The standard InChI is InChI=1S/C10H14N2O/c1-7-5-9(12-11)6-8-3-2-4-13-10(7)8/h5-6,12H,2-4,11H2,1H3. The van der Waals surface area contributed by atoms with Gasteiger partial charge in [0.1, 0.15) is 5.75 Å². The van der Waals surface area contributed by atoms with E-state index in [9.17, 15) is 0 Å². The molecule has 70 valence electrons. The van der Waals surface area contributed by atoms with Gasteiger partial charge in [0, 0.05) is 5.69 Å². The van der Waals surface area contributed by atoms with Crippen LogP contribution in [-0.4, -0.2) is 6.61 Å². The summed E-state index contributed by atoms with van der Waals surface area (Å²) >= 11 is 0. The highest BCUT2D eigenvalue weighted by molar-refractivity contribution is 5.55. The Morgan fingerprint density at radius 2 is 2.31 bits per heavy atom. The Morgan fingerprint density at radius 3 is 3.08 bits per heavy atom. The first-order valence-corrected chi connectivity index (χ1v) is 4.54. The van der Waals surface area contributed by atoms with Crippen molar-refractivity contribution in [3.8, 4) is 5.75 Å². The highest BCUT2D eigenvalue weighted by atomic mass is 16.5. The molecule has 0 atom stereocenters. The van der Waals surface area contributed by atoms with E-state index < -0.39 is 0 Å². The topological polar surface area (TPSA) is 47.3 Å². The van der Waals surface area contributed by atoms with Gasteiger partial charge in [-0.3, -0.25) is 5.84 Å². The Balaban J connectivity index is 2.47. The first-order chi connectivity index (χ1) is 6.31. The highest BCUT2D eigenvalue weighted by Crippen LogP contribution is 2.31. The number of anilines is 1. The fourth-order valence-corrected chi connectivity index (χ4v) is 1.76. The number of nitrogens with one attached hydrogen (secondary N) is 1. The molecule has 0 saturated heterocycles. The minimum atomic E-state index is 0.837. The third kappa shape index (κ3) is 1.47. The largest absolute Gasteiger partial charge is 0.493 e. The zero-order chi connectivity index (χ0) is 9.26. The SMILES string of the molecule is Cc1cc(NN)cc2c1OCCC2. The number of ether oxygens (including phenoxy) is 1. The zero-order valence-corrected chi connectivity index (χ0v) is 7.76. The van der Waals surface area contributed by atoms with Gasteiger partial charge in [-0.2, -0.15) is 0 Å². The second-order valence-electron chi connectivity index (χ2n) is 3.38. The normalized spacial score (nSPS) is 14.6. The molecule has 1 aliphatic rings. The van der Waals surface area contributed by atoms with Crippen molar-refractivity contribution >= 4 is 5.69 Å². The van der Waals surface area contributed by atoms with Crippen molar-refractivity contribution in [1.29, 1.82) is 0 Å². The number of aryl methyl sites for hydroxylation is 2. The van der Waals surface area contributed by atoms with Gasteiger partial charge in [0.2, 0.25) is 0 Å². The van der Waals surface area contributed by atoms with Crippen molar-refractivity contribution < 1.29 is 4.74 Å². The van der Waals surface area contributed by atoms with E-state index in [4.69, 9.17) is 10.6 Å². The lowest BCUT2D eigenvalue weighted by Gasteiger charge is -2.20. The second-order valence-corrected chi connectivity index (χ2v) is 3.38. The number of nitrogen functional groups attached to an aromatic ring is 1. The average Bonchev–Trinajstić information content (AvgIpc) is 2.18. The molecule has 3 nitrogen and oxygen atoms in total. The van der Waals surface area contributed by atoms with Crippen molar-refractivity contribution in [2.24, 2.45) is 5.84 Å². The Hall–Kier alpha value is -1.22. The quantitative estimate of drug-likeness (QED) is 0.507. The van der Waals surface area contributed by atoms with Crippen molar-refractivity contribution in [2.75, 3.05) is 12.0 Å². The second kappa shape index (κ2) is 3.26. The Kier molecular flexibility index (Phi) is 2.10. The molecule has 0 spiro atoms. The van der Waals surface area contributed by atoms with Crippen molar-refractivity contribution in [3.05, 3.63) is 23.3 Å². The molecule has 0 aliphatic carbocycles. The summed E-state index contributed by atoms with van der Waals surface area (Å²) in [5.41, 5.74) is 6.04. The van der Waals surface area contributed by atoms with Gasteiger partial charge in [-0.15, -0.1) is 0 Å². The molecule has 1 heterocycles. The fourth-order valence-electron chi connectivity index (χ4n) is 1.76. The fraction of sp³-hybridized carbons (Fsp3) is 0.400. The summed E-state index contributed by atoms with van der Waals surface area (Å²) in [4.78, 5) is 0. The van der Waals surface area contributed by atoms with Crippen LogP contribution < -0.4 is 16.0 Å². The number of hydrazine groups is 1. The summed E-state index contributed by atoms with van der Waals surface area (Å²) in [6.07, 6.45) is 2.19. The molecule has 1 aliphatic heterocycles. The Morgan fingerprint density at radius 1 is 1.46 bits per heavy atom. The van der Waals surface area contributed by atoms with Crippen LogP contribution in [0.5, 0.6) is 5.75 Å². The summed E-state index contributed by atoms with van der Waals surface area (Å²) in [6, 6.07) is 4.06. The number of nitrogens with two attached hydrogens (primary N) is 1. The van der Waals surface area contributed by atoms with Crippen molar-refractivity contribution in [2.45, 2.75) is 19.8 Å². The minimum absolute atomic E-state index is 0.837. The van der Waals surface area contributed by atoms with E-state index in [2.05, 4.69) is 11.5 Å². The van der Waals surface area contributed by atoms with Crippen LogP contribution in [0, 0.1) is 6.92 Å². The smallest absolute Gasteiger partial charge is 0.125 e. The predicted octanol–water partition coefficient (Wildman–Crippen LogP) is 1.61. The number of hydrogen-bond donors (Lipinski definition) is 2. The molecular weight excluding hydrogens is 164 g/mol. The summed E-state index contributed by atoms with van der Waals surface area (Å²) in [6.45, 7) is 2.88. The van der Waals surface area contributed by atoms with E-state index >= 15 is 0 Å². The van der Waals surface area contributed by atoms with E-state index in [-0.39, 0.29) is 0 Å². The summed E-state index contributed by atoms with van der Waals surface area (Å²) in [7, 11) is 0. The Bertz CT molecular complexity index is 323. The predicted molar refractivity (Wildman–Crippen MR) is 52.8 cm³/mol. The van der Waals surface area contributed by atoms with Crippen molar-refractivity contribution in [1.82, 2.24) is 0 Å². The van der Waals surface area contributed by atoms with Gasteiger partial charge in [-0.1, -0.05) is 0 Å². The first-order valence-electron chi connectivity index (χ1n) is 4.54. The van der Waals surface area contributed by atoms with E-state index in [0.717, 1.165) is 36.4 Å². The van der Waals surface area contributed by atoms with Crippen molar-refractivity contribution in [3.63, 3.8) is 0 Å². The number of fused-ring (bicyclic) bond motifs is 1. The average molecular weight is 178 g/mol. The lowest BCUT2D eigenvalue weighted by Crippen LogP contribution is -2.12. The van der Waals surface area contributed by atoms with Crippen LogP contribution >= 0.6 is 0 Å². The van der Waals surface area contributed by atoms with Gasteiger partial charge in [0.15, 0.2) is 0 Å². The molecule has 3 heteroatoms. The maximum atomic E-state index is 5.59. The number of rotatable bonds is 1. The van der Waals surface area contributed by atoms with Gasteiger partial charge >= 0.3 is 0 Å². The molecule has 13 heavy (non-hydrogen) atoms. The maximum absolute atomic E-state index is 5.59. The van der Waals surface area contributed by atoms with E-state index in [1.165, 1.54) is 5.56 Å². The number of benzene rings is 1. The van der Waals surface area contributed by atoms with Gasteiger partial charge in [-0.05, 0) is 43.0 Å². The molecule has 3 N–H and O–H groups in total. The highest BCUT2D eigenvalue weighted by Gasteiger charge is 2.13. The maximum Gasteiger partial charge on any atom is 0.125 e. The lowest BCUT2D eigenvalue weighted by atomic mass is 10.0. The summed E-state index contributed by atoms with van der Waals surface area (Å²) in [5, 5.41) is 0. The van der Waals surface area contributed by atoms with E-state index in [1.54, 1.807) is 0 Å². The van der Waals surface area contributed by atoms with Crippen LogP contribution in [0.3, 0.4) is 0 Å². The molecule has 1 aromatic carbocycles. The van der Waals surface area contributed by atoms with Crippen LogP contribution in [0.1, 0.15) is 17.5 Å². The number of hydrogen-bond acceptors (Lipinski definition) is 3. The zero-order valence-electron chi connectivity index (χ0n) is 7.76. The molecule has 0 unspecified atom stereocenters. The van der Waals surface area contributed by atoms with E-state index in [0.29, 0.717) is 0 Å². The third-order valence-corrected chi connectivity index (χ3v) is 2.36. The lowest BCUT2D eigenvalue weighted by molar-refractivity contribution is 0.286. The summed E-state index contributed by atoms with van der Waals surface area (Å²) < 4.78 is 5.59. The van der Waals surface area contributed by atoms with Gasteiger partial charge in [0.05, 0.1) is 6.61 Å². The van der Waals surface area contributed by atoms with Crippen LogP contribution in [0.4, 0.5) is 5.69 Å². The van der Waals surface area contributed by atoms with Crippen LogP contribution in [0.25, 0.3) is 0 Å².